The summed E-state index contributed by atoms with van der Waals surface area (Å²) in [5, 5.41) is 1.43. The molecule has 1 aliphatic heterocycles. The minimum atomic E-state index is 0.337. The van der Waals surface area contributed by atoms with E-state index in [2.05, 4.69) is 77.7 Å². The second-order valence-electron chi connectivity index (χ2n) is 6.37. The van der Waals surface area contributed by atoms with Crippen molar-refractivity contribution in [3.8, 4) is 0 Å². The highest BCUT2D eigenvalue weighted by Crippen LogP contribution is 2.38. The summed E-state index contributed by atoms with van der Waals surface area (Å²) in [7, 11) is 0. The summed E-state index contributed by atoms with van der Waals surface area (Å²) >= 11 is 7.93. The van der Waals surface area contributed by atoms with Crippen LogP contribution in [0.3, 0.4) is 0 Å². The highest BCUT2D eigenvalue weighted by Gasteiger charge is 2.34. The van der Waals surface area contributed by atoms with E-state index in [0.717, 1.165) is 18.1 Å². The molecule has 25 heavy (non-hydrogen) atoms. The average molecular weight is 366 g/mol. The Hall–Kier alpha value is -1.74. The molecule has 1 fully saturated rings. The third-order valence-electron chi connectivity index (χ3n) is 4.59. The van der Waals surface area contributed by atoms with E-state index < -0.39 is 0 Å². The molecule has 3 heteroatoms. The standard InChI is InChI=1S/C22H20ClNS/c23-19-11-13-20(14-12-19)25-21-15-24(16-21)22(17-7-3-1-4-8-17)18-9-5-2-6-10-18/h1-14,21-22H,15-16H2. The quantitative estimate of drug-likeness (QED) is 0.553. The van der Waals surface area contributed by atoms with Crippen LogP contribution in [-0.4, -0.2) is 23.2 Å². The number of benzene rings is 3. The average Bonchev–Trinajstić information content (AvgIpc) is 2.63. The Labute approximate surface area is 158 Å². The molecule has 1 heterocycles. The van der Waals surface area contributed by atoms with Crippen molar-refractivity contribution in [3.05, 3.63) is 101 Å². The molecule has 0 amide bonds. The first kappa shape index (κ1) is 16.7. The Morgan fingerprint density at radius 3 is 1.80 bits per heavy atom. The van der Waals surface area contributed by atoms with Gasteiger partial charge in [-0.15, -0.1) is 11.8 Å². The molecule has 0 unspecified atom stereocenters. The summed E-state index contributed by atoms with van der Waals surface area (Å²) < 4.78 is 0. The largest absolute Gasteiger partial charge is 0.290 e. The van der Waals surface area contributed by atoms with Gasteiger partial charge >= 0.3 is 0 Å². The highest BCUT2D eigenvalue weighted by atomic mass is 35.5. The summed E-state index contributed by atoms with van der Waals surface area (Å²) in [5.41, 5.74) is 2.73. The van der Waals surface area contributed by atoms with E-state index in [0.29, 0.717) is 11.3 Å². The van der Waals surface area contributed by atoms with Crippen LogP contribution in [0.25, 0.3) is 0 Å². The second-order valence-corrected chi connectivity index (χ2v) is 8.18. The Balaban J connectivity index is 1.48. The van der Waals surface area contributed by atoms with Gasteiger partial charge in [0.1, 0.15) is 0 Å². The molecule has 0 N–H and O–H groups in total. The minimum Gasteiger partial charge on any atom is -0.290 e. The Morgan fingerprint density at radius 2 is 1.28 bits per heavy atom. The molecular weight excluding hydrogens is 346 g/mol. The van der Waals surface area contributed by atoms with E-state index in [1.165, 1.54) is 16.0 Å². The van der Waals surface area contributed by atoms with Gasteiger partial charge in [-0.05, 0) is 35.4 Å². The van der Waals surface area contributed by atoms with Gasteiger partial charge in [0.2, 0.25) is 0 Å². The number of rotatable bonds is 5. The molecule has 0 spiro atoms. The molecular formula is C22H20ClNS. The van der Waals surface area contributed by atoms with Gasteiger partial charge in [0, 0.05) is 28.3 Å². The number of hydrogen-bond acceptors (Lipinski definition) is 2. The predicted molar refractivity (Wildman–Crippen MR) is 107 cm³/mol. The molecule has 1 aliphatic rings. The lowest BCUT2D eigenvalue weighted by molar-refractivity contribution is 0.148. The van der Waals surface area contributed by atoms with Gasteiger partial charge in [0.15, 0.2) is 0 Å². The van der Waals surface area contributed by atoms with Crippen molar-refractivity contribution < 1.29 is 0 Å². The lowest BCUT2D eigenvalue weighted by atomic mass is 9.94. The van der Waals surface area contributed by atoms with Crippen molar-refractivity contribution in [1.82, 2.24) is 4.90 Å². The third kappa shape index (κ3) is 3.92. The van der Waals surface area contributed by atoms with Crippen LogP contribution in [0.2, 0.25) is 5.02 Å². The normalized spacial score (nSPS) is 15.3. The summed E-state index contributed by atoms with van der Waals surface area (Å²) in [5.74, 6) is 0. The van der Waals surface area contributed by atoms with Crippen molar-refractivity contribution in [3.63, 3.8) is 0 Å². The predicted octanol–water partition coefficient (Wildman–Crippen LogP) is 5.91. The molecule has 3 aromatic rings. The van der Waals surface area contributed by atoms with Crippen LogP contribution in [0.15, 0.2) is 89.8 Å². The minimum absolute atomic E-state index is 0.337. The molecule has 0 atom stereocenters. The zero-order chi connectivity index (χ0) is 17.1. The Kier molecular flexibility index (Phi) is 5.12. The van der Waals surface area contributed by atoms with E-state index in [1.807, 2.05) is 23.9 Å². The maximum absolute atomic E-state index is 5.98. The van der Waals surface area contributed by atoms with Crippen molar-refractivity contribution in [2.75, 3.05) is 13.1 Å². The highest BCUT2D eigenvalue weighted by molar-refractivity contribution is 8.00. The fraction of sp³-hybridized carbons (Fsp3) is 0.182. The Morgan fingerprint density at radius 1 is 0.760 bits per heavy atom. The smallest absolute Gasteiger partial charge is 0.0602 e. The lowest BCUT2D eigenvalue weighted by Crippen LogP contribution is -2.50. The van der Waals surface area contributed by atoms with Crippen LogP contribution in [0.5, 0.6) is 0 Å². The summed E-state index contributed by atoms with van der Waals surface area (Å²) in [6.45, 7) is 2.20. The number of thioether (sulfide) groups is 1. The topological polar surface area (TPSA) is 3.24 Å². The summed E-state index contributed by atoms with van der Waals surface area (Å²) in [6, 6.07) is 30.1. The van der Waals surface area contributed by atoms with Gasteiger partial charge in [-0.3, -0.25) is 4.90 Å². The molecule has 4 rings (SSSR count). The van der Waals surface area contributed by atoms with E-state index >= 15 is 0 Å². The van der Waals surface area contributed by atoms with E-state index in [4.69, 9.17) is 11.6 Å². The SMILES string of the molecule is Clc1ccc(SC2CN(C(c3ccccc3)c3ccccc3)C2)cc1. The molecule has 1 saturated heterocycles. The van der Waals surface area contributed by atoms with Crippen LogP contribution in [0.4, 0.5) is 0 Å². The lowest BCUT2D eigenvalue weighted by Gasteiger charge is -2.44. The van der Waals surface area contributed by atoms with Gasteiger partial charge in [-0.1, -0.05) is 72.3 Å². The third-order valence-corrected chi connectivity index (χ3v) is 6.02. The molecule has 0 radical (unpaired) electrons. The molecule has 0 saturated carbocycles. The van der Waals surface area contributed by atoms with Crippen molar-refractivity contribution in [2.24, 2.45) is 0 Å². The zero-order valence-corrected chi connectivity index (χ0v) is 15.5. The van der Waals surface area contributed by atoms with Gasteiger partial charge in [-0.2, -0.15) is 0 Å². The monoisotopic (exact) mass is 365 g/mol. The van der Waals surface area contributed by atoms with Gasteiger partial charge in [0.25, 0.3) is 0 Å². The van der Waals surface area contributed by atoms with Gasteiger partial charge in [0.05, 0.1) is 6.04 Å². The Bertz CT molecular complexity index is 759. The van der Waals surface area contributed by atoms with Crippen LogP contribution < -0.4 is 0 Å². The van der Waals surface area contributed by atoms with Crippen LogP contribution in [-0.2, 0) is 0 Å². The van der Waals surface area contributed by atoms with Gasteiger partial charge in [-0.25, -0.2) is 0 Å². The number of likely N-dealkylation sites (tertiary alicyclic amines) is 1. The molecule has 3 aromatic carbocycles. The summed E-state index contributed by atoms with van der Waals surface area (Å²) in [4.78, 5) is 3.86. The van der Waals surface area contributed by atoms with Crippen molar-refractivity contribution in [1.29, 1.82) is 0 Å². The van der Waals surface area contributed by atoms with Gasteiger partial charge < -0.3 is 0 Å². The van der Waals surface area contributed by atoms with Crippen molar-refractivity contribution >= 4 is 23.4 Å². The molecule has 1 nitrogen and oxygen atoms in total. The van der Waals surface area contributed by atoms with Crippen LogP contribution in [0, 0.1) is 0 Å². The maximum atomic E-state index is 5.98. The molecule has 0 aliphatic carbocycles. The zero-order valence-electron chi connectivity index (χ0n) is 13.9. The van der Waals surface area contributed by atoms with E-state index in [1.54, 1.807) is 0 Å². The molecule has 0 bridgehead atoms. The van der Waals surface area contributed by atoms with Crippen molar-refractivity contribution in [2.45, 2.75) is 16.2 Å². The second kappa shape index (κ2) is 7.65. The van der Waals surface area contributed by atoms with Crippen LogP contribution in [0.1, 0.15) is 17.2 Å². The number of nitrogens with zero attached hydrogens (tertiary/aromatic N) is 1. The first-order valence-corrected chi connectivity index (χ1v) is 9.81. The maximum Gasteiger partial charge on any atom is 0.0602 e. The first-order valence-electron chi connectivity index (χ1n) is 8.56. The fourth-order valence-corrected chi connectivity index (χ4v) is 4.68. The van der Waals surface area contributed by atoms with E-state index in [9.17, 15) is 0 Å². The number of halogens is 1. The molecule has 0 aromatic heterocycles. The molecule has 126 valence electrons. The van der Waals surface area contributed by atoms with E-state index in [-0.39, 0.29) is 0 Å². The summed E-state index contributed by atoms with van der Waals surface area (Å²) in [6.07, 6.45) is 0. The fourth-order valence-electron chi connectivity index (χ4n) is 3.35. The number of hydrogen-bond donors (Lipinski definition) is 0. The first-order chi connectivity index (χ1) is 12.3. The van der Waals surface area contributed by atoms with Crippen LogP contribution >= 0.6 is 23.4 Å².